The maximum Gasteiger partial charge on any atom is 0.427 e. The molecule has 0 bridgehead atoms. The van der Waals surface area contributed by atoms with Gasteiger partial charge in [-0.1, -0.05) is 0 Å². The molecule has 0 aliphatic rings. The van der Waals surface area contributed by atoms with Crippen LogP contribution in [0.15, 0.2) is 29.4 Å². The Labute approximate surface area is 96.0 Å². The molecule has 0 radical (unpaired) electrons. The summed E-state index contributed by atoms with van der Waals surface area (Å²) < 4.78 is 32.1. The summed E-state index contributed by atoms with van der Waals surface area (Å²) in [5.74, 6) is 0.0538. The molecule has 0 heterocycles. The first-order chi connectivity index (χ1) is 8.11. The van der Waals surface area contributed by atoms with E-state index in [4.69, 9.17) is 0 Å². The molecule has 0 aromatic heterocycles. The third kappa shape index (κ3) is 4.92. The third-order valence-corrected chi connectivity index (χ3v) is 1.66. The predicted molar refractivity (Wildman–Crippen MR) is 56.2 cm³/mol. The quantitative estimate of drug-likeness (QED) is 0.650. The fourth-order valence-electron chi connectivity index (χ4n) is 0.940. The molecular formula is C10H10F2N2O3. The number of amides is 1. The van der Waals surface area contributed by atoms with E-state index >= 15 is 0 Å². The first kappa shape index (κ1) is 12.9. The van der Waals surface area contributed by atoms with Crippen LogP contribution in [0.3, 0.4) is 0 Å². The Balaban J connectivity index is 2.53. The van der Waals surface area contributed by atoms with Crippen molar-refractivity contribution >= 4 is 12.3 Å². The van der Waals surface area contributed by atoms with Gasteiger partial charge >= 0.3 is 12.7 Å². The fourth-order valence-corrected chi connectivity index (χ4v) is 0.940. The van der Waals surface area contributed by atoms with E-state index in [0.29, 0.717) is 5.56 Å². The molecule has 1 rings (SSSR count). The van der Waals surface area contributed by atoms with E-state index in [1.165, 1.54) is 37.6 Å². The van der Waals surface area contributed by atoms with Gasteiger partial charge in [-0.05, 0) is 29.8 Å². The summed E-state index contributed by atoms with van der Waals surface area (Å²) in [4.78, 5) is 10.6. The van der Waals surface area contributed by atoms with Gasteiger partial charge in [-0.2, -0.15) is 13.9 Å². The lowest BCUT2D eigenvalue weighted by Crippen LogP contribution is -2.16. The topological polar surface area (TPSA) is 59.9 Å². The monoisotopic (exact) mass is 244 g/mol. The van der Waals surface area contributed by atoms with Crippen LogP contribution in [0.2, 0.25) is 0 Å². The van der Waals surface area contributed by atoms with Gasteiger partial charge in [-0.3, -0.25) is 0 Å². The lowest BCUT2D eigenvalue weighted by molar-refractivity contribution is -0.0498. The minimum absolute atomic E-state index is 0.0538. The lowest BCUT2D eigenvalue weighted by Gasteiger charge is -2.03. The maximum absolute atomic E-state index is 11.8. The highest BCUT2D eigenvalue weighted by molar-refractivity contribution is 5.80. The molecule has 0 saturated heterocycles. The SMILES string of the molecule is COC(=O)N/N=C\c1ccc(OC(F)F)cc1. The van der Waals surface area contributed by atoms with Crippen LogP contribution < -0.4 is 10.2 Å². The molecule has 1 aromatic rings. The summed E-state index contributed by atoms with van der Waals surface area (Å²) in [6.45, 7) is -2.85. The van der Waals surface area contributed by atoms with E-state index in [1.54, 1.807) is 0 Å². The van der Waals surface area contributed by atoms with Crippen LogP contribution in [0.5, 0.6) is 5.75 Å². The van der Waals surface area contributed by atoms with Crippen LogP contribution in [0.1, 0.15) is 5.56 Å². The minimum Gasteiger partial charge on any atom is -0.452 e. The Morgan fingerprint density at radius 3 is 2.59 bits per heavy atom. The number of ether oxygens (including phenoxy) is 2. The molecule has 5 nitrogen and oxygen atoms in total. The number of hydrogen-bond acceptors (Lipinski definition) is 4. The molecule has 1 N–H and O–H groups in total. The van der Waals surface area contributed by atoms with Crippen molar-refractivity contribution in [1.82, 2.24) is 5.43 Å². The van der Waals surface area contributed by atoms with Crippen LogP contribution in [-0.4, -0.2) is 26.0 Å². The second kappa shape index (κ2) is 6.41. The highest BCUT2D eigenvalue weighted by Gasteiger charge is 2.02. The van der Waals surface area contributed by atoms with Gasteiger partial charge in [0.05, 0.1) is 13.3 Å². The second-order valence-corrected chi connectivity index (χ2v) is 2.81. The molecule has 0 atom stereocenters. The Morgan fingerprint density at radius 1 is 1.41 bits per heavy atom. The first-order valence-corrected chi connectivity index (χ1v) is 4.53. The van der Waals surface area contributed by atoms with Crippen LogP contribution in [0, 0.1) is 0 Å². The van der Waals surface area contributed by atoms with Crippen molar-refractivity contribution in [2.24, 2.45) is 5.10 Å². The van der Waals surface area contributed by atoms with Gasteiger partial charge in [0.15, 0.2) is 0 Å². The van der Waals surface area contributed by atoms with Gasteiger partial charge in [0, 0.05) is 0 Å². The number of nitrogens with zero attached hydrogens (tertiary/aromatic N) is 1. The Morgan fingerprint density at radius 2 is 2.06 bits per heavy atom. The highest BCUT2D eigenvalue weighted by Crippen LogP contribution is 2.13. The summed E-state index contributed by atoms with van der Waals surface area (Å²) >= 11 is 0. The molecule has 92 valence electrons. The fraction of sp³-hybridized carbons (Fsp3) is 0.200. The summed E-state index contributed by atoms with van der Waals surface area (Å²) in [6, 6.07) is 5.76. The maximum atomic E-state index is 11.8. The number of hydrogen-bond donors (Lipinski definition) is 1. The van der Waals surface area contributed by atoms with Crippen molar-refractivity contribution in [3.63, 3.8) is 0 Å². The number of methoxy groups -OCH3 is 1. The highest BCUT2D eigenvalue weighted by atomic mass is 19.3. The first-order valence-electron chi connectivity index (χ1n) is 4.53. The molecule has 1 aromatic carbocycles. The molecule has 0 aliphatic carbocycles. The molecule has 0 saturated carbocycles. The molecule has 0 fully saturated rings. The molecular weight excluding hydrogens is 234 g/mol. The minimum atomic E-state index is -2.85. The zero-order chi connectivity index (χ0) is 12.7. The van der Waals surface area contributed by atoms with Crippen LogP contribution in [0.25, 0.3) is 0 Å². The number of alkyl halides is 2. The average molecular weight is 244 g/mol. The van der Waals surface area contributed by atoms with Crippen molar-refractivity contribution in [2.75, 3.05) is 7.11 Å². The van der Waals surface area contributed by atoms with E-state index < -0.39 is 12.7 Å². The normalized spacial score (nSPS) is 10.6. The second-order valence-electron chi connectivity index (χ2n) is 2.81. The number of rotatable bonds is 4. The third-order valence-electron chi connectivity index (χ3n) is 1.66. The standard InChI is InChI=1S/C10H10F2N2O3/c1-16-10(15)14-13-6-7-2-4-8(5-3-7)17-9(11)12/h2-6,9H,1H3,(H,14,15)/b13-6-. The lowest BCUT2D eigenvalue weighted by atomic mass is 10.2. The van der Waals surface area contributed by atoms with Crippen molar-refractivity contribution in [3.8, 4) is 5.75 Å². The van der Waals surface area contributed by atoms with Crippen molar-refractivity contribution in [2.45, 2.75) is 6.61 Å². The van der Waals surface area contributed by atoms with Gasteiger partial charge in [0.1, 0.15) is 5.75 Å². The summed E-state index contributed by atoms with van der Waals surface area (Å²) in [5, 5.41) is 3.56. The van der Waals surface area contributed by atoms with Crippen molar-refractivity contribution in [1.29, 1.82) is 0 Å². The molecule has 0 aliphatic heterocycles. The number of carbonyl (C=O) groups is 1. The van der Waals surface area contributed by atoms with E-state index in [9.17, 15) is 13.6 Å². The van der Waals surface area contributed by atoms with Gasteiger partial charge in [0.25, 0.3) is 0 Å². The van der Waals surface area contributed by atoms with Crippen molar-refractivity contribution < 1.29 is 23.0 Å². The van der Waals surface area contributed by atoms with Crippen molar-refractivity contribution in [3.05, 3.63) is 29.8 Å². The number of benzene rings is 1. The number of carbonyl (C=O) groups excluding carboxylic acids is 1. The van der Waals surface area contributed by atoms with Crippen LogP contribution in [-0.2, 0) is 4.74 Å². The zero-order valence-corrected chi connectivity index (χ0v) is 8.89. The molecule has 0 unspecified atom stereocenters. The Kier molecular flexibility index (Phi) is 4.86. The van der Waals surface area contributed by atoms with Crippen LogP contribution >= 0.6 is 0 Å². The number of hydrazone groups is 1. The van der Waals surface area contributed by atoms with E-state index in [2.05, 4.69) is 20.0 Å². The average Bonchev–Trinajstić information content (AvgIpc) is 2.30. The molecule has 7 heteroatoms. The Hall–Kier alpha value is -2.18. The van der Waals surface area contributed by atoms with Gasteiger partial charge in [-0.15, -0.1) is 0 Å². The smallest absolute Gasteiger partial charge is 0.427 e. The van der Waals surface area contributed by atoms with E-state index in [0.717, 1.165) is 0 Å². The summed E-state index contributed by atoms with van der Waals surface area (Å²) in [6.07, 6.45) is 0.641. The van der Waals surface area contributed by atoms with Gasteiger partial charge in [0.2, 0.25) is 0 Å². The van der Waals surface area contributed by atoms with Gasteiger partial charge < -0.3 is 9.47 Å². The van der Waals surface area contributed by atoms with E-state index in [-0.39, 0.29) is 5.75 Å². The van der Waals surface area contributed by atoms with Gasteiger partial charge in [-0.25, -0.2) is 10.2 Å². The predicted octanol–water partition coefficient (Wildman–Crippen LogP) is 1.98. The summed E-state index contributed by atoms with van der Waals surface area (Å²) in [7, 11) is 1.21. The zero-order valence-electron chi connectivity index (χ0n) is 8.89. The largest absolute Gasteiger partial charge is 0.452 e. The number of nitrogens with one attached hydrogen (secondary N) is 1. The van der Waals surface area contributed by atoms with Crippen LogP contribution in [0.4, 0.5) is 13.6 Å². The molecule has 17 heavy (non-hydrogen) atoms. The molecule has 1 amide bonds. The molecule has 0 spiro atoms. The van der Waals surface area contributed by atoms with E-state index in [1.807, 2.05) is 0 Å². The Bertz CT molecular complexity index is 393. The summed E-state index contributed by atoms with van der Waals surface area (Å²) in [5.41, 5.74) is 2.70. The number of halogens is 2.